The Kier molecular flexibility index (Phi) is 8.82. The largest absolute Gasteiger partial charge is 0.484 e. The van der Waals surface area contributed by atoms with Crippen LogP contribution >= 0.6 is 11.6 Å². The number of hydrogen-bond acceptors (Lipinski definition) is 8. The van der Waals surface area contributed by atoms with E-state index in [-0.39, 0.29) is 35.0 Å². The van der Waals surface area contributed by atoms with E-state index >= 15 is 0 Å². The number of ether oxygens (including phenoxy) is 1. The lowest BCUT2D eigenvalue weighted by atomic mass is 10.1. The molecule has 2 aromatic rings. The van der Waals surface area contributed by atoms with Crippen LogP contribution < -0.4 is 32.6 Å². The van der Waals surface area contributed by atoms with E-state index in [2.05, 4.69) is 25.6 Å². The number of aryl methyl sites for hydroxylation is 1. The van der Waals surface area contributed by atoms with Crippen molar-refractivity contribution in [3.8, 4) is 5.75 Å². The Morgan fingerprint density at radius 2 is 1.87 bits per heavy atom. The molecule has 0 saturated carbocycles. The van der Waals surface area contributed by atoms with E-state index in [4.69, 9.17) is 33.5 Å². The molecule has 1 aromatic carbocycles. The van der Waals surface area contributed by atoms with Gasteiger partial charge >= 0.3 is 0 Å². The van der Waals surface area contributed by atoms with Crippen molar-refractivity contribution >= 4 is 41.0 Å². The Hall–Kier alpha value is -3.60. The molecule has 1 aromatic heterocycles. The van der Waals surface area contributed by atoms with Gasteiger partial charge in [-0.1, -0.05) is 23.7 Å². The van der Waals surface area contributed by atoms with Gasteiger partial charge in [-0.05, 0) is 37.0 Å². The zero-order valence-corrected chi connectivity index (χ0v) is 17.8. The Morgan fingerprint density at radius 3 is 2.52 bits per heavy atom. The lowest BCUT2D eigenvalue weighted by Gasteiger charge is -2.09. The summed E-state index contributed by atoms with van der Waals surface area (Å²) in [6, 6.07) is 7.42. The number of nitrogens with zero attached hydrogens (tertiary/aromatic N) is 3. The van der Waals surface area contributed by atoms with E-state index in [9.17, 15) is 9.59 Å². The molecule has 2 amide bonds. The number of halogens is 1. The maximum Gasteiger partial charge on any atom is 0.280 e. The second kappa shape index (κ2) is 11.6. The van der Waals surface area contributed by atoms with Crippen molar-refractivity contribution in [2.45, 2.75) is 19.3 Å². The van der Waals surface area contributed by atoms with Crippen molar-refractivity contribution in [1.82, 2.24) is 15.3 Å². The standard InChI is InChI=1S/C19H25ClN8O3/c1-24-17-14(26-15(20)16(22)27-17)18(30)28-19(23)25-9-3-2-4-11-5-7-12(8-6-11)31-10-13(21)29/h5-8H,2-4,9-10H2,1H3,(H2,21,29)(H3,22,24,27)(H3,23,25,28,30). The number of nitrogen functional groups attached to an aromatic ring is 1. The van der Waals surface area contributed by atoms with Crippen LogP contribution in [0.4, 0.5) is 11.6 Å². The fraction of sp³-hybridized carbons (Fsp3) is 0.316. The zero-order valence-electron chi connectivity index (χ0n) is 17.0. The lowest BCUT2D eigenvalue weighted by Crippen LogP contribution is -2.38. The molecule has 0 radical (unpaired) electrons. The highest BCUT2D eigenvalue weighted by molar-refractivity contribution is 6.31. The molecular weight excluding hydrogens is 424 g/mol. The molecule has 166 valence electrons. The van der Waals surface area contributed by atoms with Gasteiger partial charge < -0.3 is 27.3 Å². The summed E-state index contributed by atoms with van der Waals surface area (Å²) < 4.78 is 5.22. The molecule has 0 bridgehead atoms. The second-order valence-electron chi connectivity index (χ2n) is 6.42. The van der Waals surface area contributed by atoms with E-state index < -0.39 is 11.8 Å². The molecule has 31 heavy (non-hydrogen) atoms. The summed E-state index contributed by atoms with van der Waals surface area (Å²) in [5.41, 5.74) is 17.5. The van der Waals surface area contributed by atoms with E-state index in [1.807, 2.05) is 12.1 Å². The van der Waals surface area contributed by atoms with E-state index in [0.717, 1.165) is 24.8 Å². The SMILES string of the molecule is CNc1nc(N)c(Cl)nc1C(=O)NC(N)=NCCCCc1ccc(OCC(N)=O)cc1. The lowest BCUT2D eigenvalue weighted by molar-refractivity contribution is -0.119. The molecule has 0 aliphatic carbocycles. The van der Waals surface area contributed by atoms with Crippen LogP contribution in [-0.4, -0.2) is 47.9 Å². The van der Waals surface area contributed by atoms with Crippen molar-refractivity contribution in [2.75, 3.05) is 31.2 Å². The maximum absolute atomic E-state index is 12.3. The molecule has 12 heteroatoms. The van der Waals surface area contributed by atoms with Crippen molar-refractivity contribution < 1.29 is 14.3 Å². The highest BCUT2D eigenvalue weighted by Crippen LogP contribution is 2.19. The minimum Gasteiger partial charge on any atom is -0.484 e. The number of nitrogens with one attached hydrogen (secondary N) is 2. The number of aliphatic imine (C=N–C) groups is 1. The minimum atomic E-state index is -0.598. The first-order valence-electron chi connectivity index (χ1n) is 9.42. The van der Waals surface area contributed by atoms with Gasteiger partial charge in [-0.2, -0.15) is 0 Å². The van der Waals surface area contributed by atoms with Crippen LogP contribution in [-0.2, 0) is 11.2 Å². The van der Waals surface area contributed by atoms with Gasteiger partial charge in [0.15, 0.2) is 35.0 Å². The van der Waals surface area contributed by atoms with Gasteiger partial charge in [-0.3, -0.25) is 19.9 Å². The van der Waals surface area contributed by atoms with E-state index in [1.54, 1.807) is 19.2 Å². The summed E-state index contributed by atoms with van der Waals surface area (Å²) in [6.45, 7) is 0.294. The number of guanidine groups is 1. The van der Waals surface area contributed by atoms with Gasteiger partial charge in [0, 0.05) is 13.6 Å². The first kappa shape index (κ1) is 23.7. The van der Waals surface area contributed by atoms with Crippen molar-refractivity contribution in [3.63, 3.8) is 0 Å². The van der Waals surface area contributed by atoms with Crippen LogP contribution in [0, 0.1) is 0 Å². The third-order valence-electron chi connectivity index (χ3n) is 4.03. The number of hydrogen-bond donors (Lipinski definition) is 5. The highest BCUT2D eigenvalue weighted by Gasteiger charge is 2.17. The van der Waals surface area contributed by atoms with Gasteiger partial charge in [0.2, 0.25) is 0 Å². The molecule has 11 nitrogen and oxygen atoms in total. The minimum absolute atomic E-state index is 0.0111. The van der Waals surface area contributed by atoms with Crippen LogP contribution in [0.25, 0.3) is 0 Å². The number of carbonyl (C=O) groups is 2. The summed E-state index contributed by atoms with van der Waals surface area (Å²) in [5.74, 6) is -0.372. The number of primary amides is 1. The number of rotatable bonds is 10. The molecule has 0 atom stereocenters. The average molecular weight is 449 g/mol. The summed E-state index contributed by atoms with van der Waals surface area (Å²) in [7, 11) is 1.58. The average Bonchev–Trinajstić information content (AvgIpc) is 2.74. The number of benzene rings is 1. The van der Waals surface area contributed by atoms with Gasteiger partial charge in [0.1, 0.15) is 5.75 Å². The summed E-state index contributed by atoms with van der Waals surface area (Å²) in [4.78, 5) is 35.1. The monoisotopic (exact) mass is 448 g/mol. The molecule has 0 unspecified atom stereocenters. The molecule has 0 fully saturated rings. The van der Waals surface area contributed by atoms with Gasteiger partial charge in [0.05, 0.1) is 0 Å². The predicted molar refractivity (Wildman–Crippen MR) is 119 cm³/mol. The zero-order chi connectivity index (χ0) is 22.8. The van der Waals surface area contributed by atoms with Crippen LogP contribution in [0.1, 0.15) is 28.9 Å². The molecule has 2 rings (SSSR count). The van der Waals surface area contributed by atoms with Crippen LogP contribution in [0.2, 0.25) is 5.15 Å². The van der Waals surface area contributed by atoms with Crippen molar-refractivity contribution in [1.29, 1.82) is 0 Å². The number of carbonyl (C=O) groups excluding carboxylic acids is 2. The molecule has 0 aliphatic rings. The van der Waals surface area contributed by atoms with Crippen LogP contribution in [0.15, 0.2) is 29.3 Å². The summed E-state index contributed by atoms with van der Waals surface area (Å²) in [6.07, 6.45) is 2.48. The predicted octanol–water partition coefficient (Wildman–Crippen LogP) is 0.685. The van der Waals surface area contributed by atoms with E-state index in [0.29, 0.717) is 12.3 Å². The van der Waals surface area contributed by atoms with Gasteiger partial charge in [0.25, 0.3) is 11.8 Å². The fourth-order valence-electron chi connectivity index (χ4n) is 2.52. The summed E-state index contributed by atoms with van der Waals surface area (Å²) in [5, 5.41) is 5.10. The normalized spacial score (nSPS) is 11.1. The van der Waals surface area contributed by atoms with Crippen LogP contribution in [0.3, 0.4) is 0 Å². The Bertz CT molecular complexity index is 950. The third kappa shape index (κ3) is 7.63. The quantitative estimate of drug-likeness (QED) is 0.199. The number of unbranched alkanes of at least 4 members (excludes halogenated alkanes) is 1. The van der Waals surface area contributed by atoms with Crippen LogP contribution in [0.5, 0.6) is 5.75 Å². The van der Waals surface area contributed by atoms with Gasteiger partial charge in [-0.25, -0.2) is 9.97 Å². The number of anilines is 2. The first-order chi connectivity index (χ1) is 14.8. The molecule has 0 spiro atoms. The second-order valence-corrected chi connectivity index (χ2v) is 6.78. The Labute approximate surface area is 184 Å². The van der Waals surface area contributed by atoms with Crippen molar-refractivity contribution in [2.24, 2.45) is 16.5 Å². The topological polar surface area (TPSA) is 184 Å². The Morgan fingerprint density at radius 1 is 1.16 bits per heavy atom. The first-order valence-corrected chi connectivity index (χ1v) is 9.80. The molecule has 0 aliphatic heterocycles. The molecule has 0 saturated heterocycles. The molecular formula is C19H25ClN8O3. The number of nitrogens with two attached hydrogens (primary N) is 3. The van der Waals surface area contributed by atoms with E-state index in [1.165, 1.54) is 0 Å². The molecule has 8 N–H and O–H groups in total. The summed E-state index contributed by atoms with van der Waals surface area (Å²) >= 11 is 5.84. The molecule has 1 heterocycles. The third-order valence-corrected chi connectivity index (χ3v) is 4.31. The van der Waals surface area contributed by atoms with Crippen molar-refractivity contribution in [3.05, 3.63) is 40.7 Å². The Balaban J connectivity index is 1.77. The maximum atomic E-state index is 12.3. The number of amides is 2. The highest BCUT2D eigenvalue weighted by atomic mass is 35.5. The smallest absolute Gasteiger partial charge is 0.280 e. The number of aromatic nitrogens is 2. The van der Waals surface area contributed by atoms with Gasteiger partial charge in [-0.15, -0.1) is 0 Å². The fourth-order valence-corrected chi connectivity index (χ4v) is 2.65.